The average molecular weight is 530 g/mol. The van der Waals surface area contributed by atoms with E-state index in [-0.39, 0.29) is 35.8 Å². The molecule has 1 aliphatic carbocycles. The maximum Gasteiger partial charge on any atom is 0.270 e. The SMILES string of the molecule is Cc1cc(-c2nnn(C[C@H]3CC[C@H](C(=O)NS(C)(=O)=O)CC3)n2)cc(C(=O)NCc2ccc(F)cc2)n1. The van der Waals surface area contributed by atoms with E-state index in [0.29, 0.717) is 36.5 Å². The van der Waals surface area contributed by atoms with Crippen LogP contribution < -0.4 is 10.0 Å². The Morgan fingerprint density at radius 2 is 1.81 bits per heavy atom. The first-order chi connectivity index (χ1) is 17.6. The van der Waals surface area contributed by atoms with Gasteiger partial charge in [0.15, 0.2) is 0 Å². The largest absolute Gasteiger partial charge is 0.347 e. The number of pyridine rings is 1. The van der Waals surface area contributed by atoms with Gasteiger partial charge in [-0.2, -0.15) is 4.80 Å². The second-order valence-electron chi connectivity index (χ2n) is 9.32. The highest BCUT2D eigenvalue weighted by Gasteiger charge is 2.28. The molecule has 2 N–H and O–H groups in total. The molecule has 37 heavy (non-hydrogen) atoms. The van der Waals surface area contributed by atoms with E-state index in [9.17, 15) is 22.4 Å². The van der Waals surface area contributed by atoms with E-state index < -0.39 is 15.9 Å². The molecule has 196 valence electrons. The Bertz CT molecular complexity index is 1380. The summed E-state index contributed by atoms with van der Waals surface area (Å²) >= 11 is 0. The number of sulfonamides is 1. The summed E-state index contributed by atoms with van der Waals surface area (Å²) < 4.78 is 37.7. The molecule has 0 saturated heterocycles. The van der Waals surface area contributed by atoms with E-state index >= 15 is 0 Å². The van der Waals surface area contributed by atoms with Crippen LogP contribution in [0.4, 0.5) is 4.39 Å². The first kappa shape index (κ1) is 26.3. The first-order valence-electron chi connectivity index (χ1n) is 11.9. The zero-order valence-corrected chi connectivity index (χ0v) is 21.3. The molecule has 11 nitrogen and oxygen atoms in total. The van der Waals surface area contributed by atoms with Gasteiger partial charge < -0.3 is 5.32 Å². The number of hydrogen-bond donors (Lipinski definition) is 2. The molecular formula is C24H28FN7O4S. The lowest BCUT2D eigenvalue weighted by Gasteiger charge is -2.26. The van der Waals surface area contributed by atoms with Gasteiger partial charge in [0.2, 0.25) is 21.8 Å². The first-order valence-corrected chi connectivity index (χ1v) is 13.8. The van der Waals surface area contributed by atoms with Crippen LogP contribution in [0.15, 0.2) is 36.4 Å². The van der Waals surface area contributed by atoms with Crippen LogP contribution in [0.2, 0.25) is 0 Å². The summed E-state index contributed by atoms with van der Waals surface area (Å²) in [5, 5.41) is 15.5. The van der Waals surface area contributed by atoms with Gasteiger partial charge in [-0.05, 0) is 73.6 Å². The van der Waals surface area contributed by atoms with Gasteiger partial charge >= 0.3 is 0 Å². The summed E-state index contributed by atoms with van der Waals surface area (Å²) in [5.74, 6) is -0.899. The second-order valence-corrected chi connectivity index (χ2v) is 11.1. The molecule has 0 bridgehead atoms. The number of aromatic nitrogens is 5. The predicted octanol–water partition coefficient (Wildman–Crippen LogP) is 1.99. The minimum atomic E-state index is -3.56. The van der Waals surface area contributed by atoms with E-state index in [1.165, 1.54) is 16.9 Å². The van der Waals surface area contributed by atoms with Crippen LogP contribution in [-0.2, 0) is 27.9 Å². The van der Waals surface area contributed by atoms with Crippen molar-refractivity contribution >= 4 is 21.8 Å². The highest BCUT2D eigenvalue weighted by molar-refractivity contribution is 7.89. The maximum atomic E-state index is 13.1. The van der Waals surface area contributed by atoms with Crippen molar-refractivity contribution < 1.29 is 22.4 Å². The van der Waals surface area contributed by atoms with Crippen molar-refractivity contribution in [3.63, 3.8) is 0 Å². The summed E-state index contributed by atoms with van der Waals surface area (Å²) in [4.78, 5) is 30.6. The lowest BCUT2D eigenvalue weighted by molar-refractivity contribution is -0.124. The van der Waals surface area contributed by atoms with Crippen molar-refractivity contribution in [2.75, 3.05) is 6.26 Å². The molecule has 0 atom stereocenters. The van der Waals surface area contributed by atoms with Crippen molar-refractivity contribution in [1.29, 1.82) is 0 Å². The molecule has 13 heteroatoms. The van der Waals surface area contributed by atoms with E-state index in [1.807, 2.05) is 0 Å². The van der Waals surface area contributed by atoms with E-state index in [1.54, 1.807) is 31.2 Å². The molecular weight excluding hydrogens is 501 g/mol. The van der Waals surface area contributed by atoms with Crippen LogP contribution in [0.1, 0.15) is 47.4 Å². The number of nitrogens with one attached hydrogen (secondary N) is 2. The molecule has 4 rings (SSSR count). The van der Waals surface area contributed by atoms with Crippen LogP contribution in [-0.4, -0.2) is 51.7 Å². The summed E-state index contributed by atoms with van der Waals surface area (Å²) in [5.41, 5.74) is 2.19. The minimum Gasteiger partial charge on any atom is -0.347 e. The fourth-order valence-electron chi connectivity index (χ4n) is 4.33. The fraction of sp³-hybridized carbons (Fsp3) is 0.417. The van der Waals surface area contributed by atoms with Crippen LogP contribution in [0.25, 0.3) is 11.4 Å². The Labute approximate surface area is 213 Å². The molecule has 1 fully saturated rings. The molecule has 0 spiro atoms. The molecule has 3 aromatic rings. The molecule has 0 aliphatic heterocycles. The van der Waals surface area contributed by atoms with E-state index in [2.05, 4.69) is 30.4 Å². The van der Waals surface area contributed by atoms with Crippen LogP contribution in [0.3, 0.4) is 0 Å². The third-order valence-electron chi connectivity index (χ3n) is 6.19. The van der Waals surface area contributed by atoms with Crippen LogP contribution in [0.5, 0.6) is 0 Å². The zero-order chi connectivity index (χ0) is 26.6. The van der Waals surface area contributed by atoms with Crippen molar-refractivity contribution in [3.8, 4) is 11.4 Å². The number of carbonyl (C=O) groups excluding carboxylic acids is 2. The van der Waals surface area contributed by atoms with Crippen LogP contribution in [0, 0.1) is 24.6 Å². The topological polar surface area (TPSA) is 149 Å². The van der Waals surface area contributed by atoms with Gasteiger partial charge in [0, 0.05) is 23.7 Å². The Balaban J connectivity index is 1.35. The molecule has 2 heterocycles. The normalized spacial score (nSPS) is 17.8. The molecule has 2 aromatic heterocycles. The third-order valence-corrected chi connectivity index (χ3v) is 6.76. The summed E-state index contributed by atoms with van der Waals surface area (Å²) in [6.07, 6.45) is 3.64. The summed E-state index contributed by atoms with van der Waals surface area (Å²) in [6, 6.07) is 9.24. The van der Waals surface area contributed by atoms with Gasteiger partial charge in [0.05, 0.1) is 12.8 Å². The zero-order valence-electron chi connectivity index (χ0n) is 20.5. The van der Waals surface area contributed by atoms with Crippen LogP contribution >= 0.6 is 0 Å². The number of aryl methyl sites for hydroxylation is 1. The maximum absolute atomic E-state index is 13.1. The number of halogens is 1. The Hall–Kier alpha value is -3.74. The number of amides is 2. The number of carbonyl (C=O) groups is 2. The number of tetrazole rings is 1. The molecule has 1 aliphatic rings. The number of nitrogens with zero attached hydrogens (tertiary/aromatic N) is 5. The lowest BCUT2D eigenvalue weighted by atomic mass is 9.82. The van der Waals surface area contributed by atoms with E-state index in [0.717, 1.165) is 24.7 Å². The van der Waals surface area contributed by atoms with Crippen molar-refractivity contribution in [2.45, 2.75) is 45.7 Å². The number of rotatable bonds is 8. The van der Waals surface area contributed by atoms with Crippen molar-refractivity contribution in [3.05, 3.63) is 59.2 Å². The number of hydrogen-bond acceptors (Lipinski definition) is 8. The molecule has 1 aromatic carbocycles. The predicted molar refractivity (Wildman–Crippen MR) is 132 cm³/mol. The van der Waals surface area contributed by atoms with Crippen molar-refractivity contribution in [1.82, 2.24) is 35.2 Å². The molecule has 0 unspecified atom stereocenters. The minimum absolute atomic E-state index is 0.208. The summed E-state index contributed by atoms with van der Waals surface area (Å²) in [6.45, 7) is 2.52. The Kier molecular flexibility index (Phi) is 7.91. The quantitative estimate of drug-likeness (QED) is 0.450. The number of benzene rings is 1. The average Bonchev–Trinajstić information content (AvgIpc) is 3.31. The highest BCUT2D eigenvalue weighted by Crippen LogP contribution is 2.30. The van der Waals surface area contributed by atoms with Gasteiger partial charge in [-0.25, -0.2) is 17.8 Å². The third kappa shape index (κ3) is 7.38. The van der Waals surface area contributed by atoms with Gasteiger partial charge in [-0.3, -0.25) is 14.3 Å². The van der Waals surface area contributed by atoms with Gasteiger partial charge in [-0.15, -0.1) is 10.2 Å². The monoisotopic (exact) mass is 529 g/mol. The van der Waals surface area contributed by atoms with Crippen molar-refractivity contribution in [2.24, 2.45) is 11.8 Å². The molecule has 2 amide bonds. The fourth-order valence-corrected chi connectivity index (χ4v) is 4.86. The smallest absolute Gasteiger partial charge is 0.270 e. The Morgan fingerprint density at radius 3 is 2.49 bits per heavy atom. The molecule has 1 saturated carbocycles. The molecule has 0 radical (unpaired) electrons. The summed E-state index contributed by atoms with van der Waals surface area (Å²) in [7, 11) is -3.56. The van der Waals surface area contributed by atoms with Gasteiger partial charge in [0.1, 0.15) is 11.5 Å². The van der Waals surface area contributed by atoms with Gasteiger partial charge in [0.25, 0.3) is 5.91 Å². The lowest BCUT2D eigenvalue weighted by Crippen LogP contribution is -2.37. The van der Waals surface area contributed by atoms with Gasteiger partial charge in [-0.1, -0.05) is 12.1 Å². The standard InChI is InChI=1S/C24H28FN7O4S/c1-15-11-19(12-21(27-15)24(34)26-13-16-5-9-20(25)10-6-16)22-28-31-32(29-22)14-17-3-7-18(8-4-17)23(33)30-37(2,35)36/h5-6,9-12,17-18H,3-4,7-8,13-14H2,1-2H3,(H,26,34)(H,30,33)/t17-,18-. The highest BCUT2D eigenvalue weighted by atomic mass is 32.2. The van der Waals surface area contributed by atoms with E-state index in [4.69, 9.17) is 0 Å². The second kappa shape index (κ2) is 11.1. The Morgan fingerprint density at radius 1 is 1.11 bits per heavy atom.